The van der Waals surface area contributed by atoms with Crippen LogP contribution in [-0.4, -0.2) is 30.8 Å². The second-order valence-corrected chi connectivity index (χ2v) is 6.36. The Morgan fingerprint density at radius 2 is 2.10 bits per heavy atom. The van der Waals surface area contributed by atoms with Crippen molar-refractivity contribution < 1.29 is 4.74 Å². The summed E-state index contributed by atoms with van der Waals surface area (Å²) in [6.45, 7) is 9.75. The highest BCUT2D eigenvalue weighted by atomic mass is 16.5. The predicted octanol–water partition coefficient (Wildman–Crippen LogP) is 2.64. The van der Waals surface area contributed by atoms with Crippen molar-refractivity contribution in [1.82, 2.24) is 10.3 Å². The molecule has 2 atom stereocenters. The molecule has 0 radical (unpaired) electrons. The third kappa shape index (κ3) is 4.76. The quantitative estimate of drug-likeness (QED) is 0.805. The average molecular weight is 279 g/mol. The first-order chi connectivity index (χ1) is 9.40. The molecule has 0 spiro atoms. The van der Waals surface area contributed by atoms with E-state index in [1.54, 1.807) is 13.3 Å². The van der Waals surface area contributed by atoms with Gasteiger partial charge in [0, 0.05) is 31.2 Å². The number of ether oxygens (including phenoxy) is 1. The first-order valence-corrected chi connectivity index (χ1v) is 7.34. The van der Waals surface area contributed by atoms with Gasteiger partial charge < -0.3 is 15.8 Å². The number of anilines is 1. The summed E-state index contributed by atoms with van der Waals surface area (Å²) in [5.74, 6) is 0. The van der Waals surface area contributed by atoms with Crippen LogP contribution in [0.1, 0.15) is 39.7 Å². The average Bonchev–Trinajstić information content (AvgIpc) is 2.37. The first kappa shape index (κ1) is 16.9. The number of nitrogens with zero attached hydrogens (tertiary/aromatic N) is 1. The van der Waals surface area contributed by atoms with Crippen molar-refractivity contribution in [3.05, 3.63) is 24.0 Å². The predicted molar refractivity (Wildman–Crippen MR) is 84.7 cm³/mol. The van der Waals surface area contributed by atoms with E-state index in [1.807, 2.05) is 12.3 Å². The van der Waals surface area contributed by atoms with Crippen molar-refractivity contribution >= 4 is 5.69 Å². The molecule has 1 aromatic heterocycles. The molecule has 0 bridgehead atoms. The highest BCUT2D eigenvalue weighted by molar-refractivity contribution is 5.44. The van der Waals surface area contributed by atoms with Gasteiger partial charge in [0.2, 0.25) is 0 Å². The smallest absolute Gasteiger partial charge is 0.0775 e. The summed E-state index contributed by atoms with van der Waals surface area (Å²) in [7, 11) is 1.78. The Morgan fingerprint density at radius 1 is 1.40 bits per heavy atom. The molecule has 4 heteroatoms. The van der Waals surface area contributed by atoms with Crippen LogP contribution in [0.5, 0.6) is 0 Å². The number of hydrogen-bond donors (Lipinski definition) is 2. The minimum Gasteiger partial charge on any atom is -0.398 e. The molecule has 0 saturated carbocycles. The summed E-state index contributed by atoms with van der Waals surface area (Å²) in [5.41, 5.74) is 7.98. The zero-order valence-electron chi connectivity index (χ0n) is 13.4. The third-order valence-corrected chi connectivity index (χ3v) is 3.51. The summed E-state index contributed by atoms with van der Waals surface area (Å²) in [6, 6.07) is 2.08. The molecule has 20 heavy (non-hydrogen) atoms. The van der Waals surface area contributed by atoms with Crippen molar-refractivity contribution in [3.63, 3.8) is 0 Å². The summed E-state index contributed by atoms with van der Waals surface area (Å²) in [6.07, 6.45) is 5.62. The largest absolute Gasteiger partial charge is 0.398 e. The van der Waals surface area contributed by atoms with Gasteiger partial charge in [-0.15, -0.1) is 0 Å². The Morgan fingerprint density at radius 3 is 2.60 bits per heavy atom. The molecule has 0 aliphatic heterocycles. The standard InChI is InChI=1S/C16H29N3O/c1-6-8-19-14(15(20-5)16(2,3)4)10-12-11-18-9-7-13(12)17/h7,9,11,14-15,19H,6,8,10H2,1-5H3,(H2,17,18). The number of nitrogens with two attached hydrogens (primary N) is 1. The number of nitrogens with one attached hydrogen (secondary N) is 1. The van der Waals surface area contributed by atoms with Crippen molar-refractivity contribution in [2.24, 2.45) is 5.41 Å². The SMILES string of the molecule is CCCNC(Cc1cnccc1N)C(OC)C(C)(C)C. The third-order valence-electron chi connectivity index (χ3n) is 3.51. The van der Waals surface area contributed by atoms with Gasteiger partial charge in [0.25, 0.3) is 0 Å². The van der Waals surface area contributed by atoms with Crippen LogP contribution >= 0.6 is 0 Å². The molecule has 0 aliphatic rings. The number of rotatable bonds is 7. The lowest BCUT2D eigenvalue weighted by Gasteiger charge is -2.36. The Kier molecular flexibility index (Phi) is 6.43. The molecule has 0 saturated heterocycles. The van der Waals surface area contributed by atoms with Crippen LogP contribution in [0, 0.1) is 5.41 Å². The van der Waals surface area contributed by atoms with Gasteiger partial charge in [0.1, 0.15) is 0 Å². The highest BCUT2D eigenvalue weighted by Crippen LogP contribution is 2.27. The van der Waals surface area contributed by atoms with Gasteiger partial charge in [-0.3, -0.25) is 4.98 Å². The van der Waals surface area contributed by atoms with Gasteiger partial charge in [-0.05, 0) is 36.4 Å². The van der Waals surface area contributed by atoms with Gasteiger partial charge in [0.05, 0.1) is 6.10 Å². The van der Waals surface area contributed by atoms with Gasteiger partial charge in [0.15, 0.2) is 0 Å². The fraction of sp³-hybridized carbons (Fsp3) is 0.688. The molecule has 1 aromatic rings. The summed E-state index contributed by atoms with van der Waals surface area (Å²) >= 11 is 0. The van der Waals surface area contributed by atoms with Crippen molar-refractivity contribution in [3.8, 4) is 0 Å². The minimum atomic E-state index is 0.0666. The molecule has 0 aromatic carbocycles. The van der Waals surface area contributed by atoms with Gasteiger partial charge in [-0.25, -0.2) is 0 Å². The number of pyridine rings is 1. The van der Waals surface area contributed by atoms with Gasteiger partial charge in [-0.2, -0.15) is 0 Å². The summed E-state index contributed by atoms with van der Waals surface area (Å²) in [5, 5.41) is 3.59. The van der Waals surface area contributed by atoms with Crippen molar-refractivity contribution in [1.29, 1.82) is 0 Å². The maximum Gasteiger partial charge on any atom is 0.0775 e. The van der Waals surface area contributed by atoms with E-state index >= 15 is 0 Å². The topological polar surface area (TPSA) is 60.2 Å². The summed E-state index contributed by atoms with van der Waals surface area (Å²) < 4.78 is 5.76. The molecule has 4 nitrogen and oxygen atoms in total. The van der Waals surface area contributed by atoms with E-state index in [2.05, 4.69) is 38.0 Å². The number of aromatic nitrogens is 1. The van der Waals surface area contributed by atoms with Crippen LogP contribution in [0.25, 0.3) is 0 Å². The van der Waals surface area contributed by atoms with Crippen LogP contribution in [0.4, 0.5) is 5.69 Å². The van der Waals surface area contributed by atoms with Crippen molar-refractivity contribution in [2.75, 3.05) is 19.4 Å². The lowest BCUT2D eigenvalue weighted by molar-refractivity contribution is -0.0109. The lowest BCUT2D eigenvalue weighted by Crippen LogP contribution is -2.49. The van der Waals surface area contributed by atoms with Gasteiger partial charge >= 0.3 is 0 Å². The Hall–Kier alpha value is -1.13. The van der Waals surface area contributed by atoms with Crippen molar-refractivity contribution in [2.45, 2.75) is 52.7 Å². The molecule has 1 heterocycles. The van der Waals surface area contributed by atoms with Crippen LogP contribution in [0.3, 0.4) is 0 Å². The van der Waals surface area contributed by atoms with Crippen LogP contribution in [-0.2, 0) is 11.2 Å². The zero-order chi connectivity index (χ0) is 15.2. The van der Waals surface area contributed by atoms with E-state index in [1.165, 1.54) is 0 Å². The van der Waals surface area contributed by atoms with Crippen LogP contribution < -0.4 is 11.1 Å². The maximum absolute atomic E-state index is 6.04. The number of nitrogen functional groups attached to an aromatic ring is 1. The fourth-order valence-corrected chi connectivity index (χ4v) is 2.58. The monoisotopic (exact) mass is 279 g/mol. The zero-order valence-corrected chi connectivity index (χ0v) is 13.4. The normalized spacial score (nSPS) is 15.1. The Balaban J connectivity index is 2.91. The number of methoxy groups -OCH3 is 1. The summed E-state index contributed by atoms with van der Waals surface area (Å²) in [4.78, 5) is 4.18. The molecule has 1 rings (SSSR count). The van der Waals surface area contributed by atoms with E-state index in [0.29, 0.717) is 0 Å². The highest BCUT2D eigenvalue weighted by Gasteiger charge is 2.32. The minimum absolute atomic E-state index is 0.0666. The molecule has 0 aliphatic carbocycles. The van der Waals surface area contributed by atoms with E-state index in [9.17, 15) is 0 Å². The fourth-order valence-electron chi connectivity index (χ4n) is 2.58. The van der Waals surface area contributed by atoms with Crippen LogP contribution in [0.15, 0.2) is 18.5 Å². The second-order valence-electron chi connectivity index (χ2n) is 6.36. The van der Waals surface area contributed by atoms with E-state index in [4.69, 9.17) is 10.5 Å². The first-order valence-electron chi connectivity index (χ1n) is 7.34. The molecule has 2 unspecified atom stereocenters. The molecule has 3 N–H and O–H groups in total. The van der Waals surface area contributed by atoms with E-state index in [0.717, 1.165) is 30.6 Å². The number of hydrogen-bond acceptors (Lipinski definition) is 4. The molecular formula is C16H29N3O. The molecular weight excluding hydrogens is 250 g/mol. The molecule has 114 valence electrons. The maximum atomic E-state index is 6.04. The van der Waals surface area contributed by atoms with E-state index in [-0.39, 0.29) is 17.6 Å². The lowest BCUT2D eigenvalue weighted by atomic mass is 9.82. The van der Waals surface area contributed by atoms with Gasteiger partial charge in [-0.1, -0.05) is 27.7 Å². The Bertz CT molecular complexity index is 401. The Labute approximate surface area is 123 Å². The van der Waals surface area contributed by atoms with E-state index < -0.39 is 0 Å². The molecule has 0 amide bonds. The van der Waals surface area contributed by atoms with Crippen LogP contribution in [0.2, 0.25) is 0 Å². The molecule has 0 fully saturated rings. The second kappa shape index (κ2) is 7.60.